The largest absolute Gasteiger partial charge is 0.534 e. The number of hydrogen-bond acceptors (Lipinski definition) is 7. The Kier molecular flexibility index (Phi) is 6.00. The van der Waals surface area contributed by atoms with Crippen molar-refractivity contribution in [3.05, 3.63) is 11.2 Å². The molecule has 2 bridgehead atoms. The number of aromatic nitrogens is 2. The average Bonchev–Trinajstić information content (AvgIpc) is 2.85. The molecule has 2 atom stereocenters. The number of nitrogens with zero attached hydrogens (tertiary/aromatic N) is 3. The molecule has 2 aliphatic heterocycles. The molecule has 142 valence electrons. The molecule has 2 saturated heterocycles. The lowest BCUT2D eigenvalue weighted by Crippen LogP contribution is -2.43. The van der Waals surface area contributed by atoms with Gasteiger partial charge in [0.05, 0.1) is 12.2 Å². The van der Waals surface area contributed by atoms with Crippen LogP contribution in [0, 0.1) is 0 Å². The highest BCUT2D eigenvalue weighted by atomic mass is 35.5. The lowest BCUT2D eigenvalue weighted by atomic mass is 10.2. The fourth-order valence-electron chi connectivity index (χ4n) is 2.53. The van der Waals surface area contributed by atoms with Gasteiger partial charge in [0.2, 0.25) is 0 Å². The van der Waals surface area contributed by atoms with Crippen LogP contribution in [-0.2, 0) is 14.9 Å². The maximum atomic E-state index is 12.4. The van der Waals surface area contributed by atoms with Crippen molar-refractivity contribution in [1.29, 1.82) is 0 Å². The van der Waals surface area contributed by atoms with Crippen molar-refractivity contribution < 1.29 is 30.5 Å². The molecule has 12 heteroatoms. The lowest BCUT2D eigenvalue weighted by Gasteiger charge is -2.32. The summed E-state index contributed by atoms with van der Waals surface area (Å²) in [6.07, 6.45) is 1.77. The summed E-state index contributed by atoms with van der Waals surface area (Å²) in [5, 5.41) is -0.221. The molecule has 7 nitrogen and oxygen atoms in total. The minimum absolute atomic E-state index is 0.00534. The van der Waals surface area contributed by atoms with Crippen LogP contribution in [0.5, 0.6) is 6.01 Å². The van der Waals surface area contributed by atoms with Crippen molar-refractivity contribution >= 4 is 27.5 Å². The van der Waals surface area contributed by atoms with E-state index >= 15 is 0 Å². The third kappa shape index (κ3) is 4.64. The molecule has 2 fully saturated rings. The molecule has 2 unspecified atom stereocenters. The summed E-state index contributed by atoms with van der Waals surface area (Å²) in [7, 11) is -5.85. The van der Waals surface area contributed by atoms with Gasteiger partial charge in [-0.25, -0.2) is 0 Å². The van der Waals surface area contributed by atoms with E-state index in [0.29, 0.717) is 13.1 Å². The van der Waals surface area contributed by atoms with E-state index in [4.69, 9.17) is 16.3 Å². The lowest BCUT2D eigenvalue weighted by molar-refractivity contribution is -0.0502. The van der Waals surface area contributed by atoms with Gasteiger partial charge in [-0.2, -0.15) is 31.6 Å². The third-order valence-corrected chi connectivity index (χ3v) is 4.63. The monoisotopic (exact) mass is 403 g/mol. The Morgan fingerprint density at radius 1 is 1.24 bits per heavy atom. The SMILES string of the molecule is CC.O=S(=O)(Oc1nc(Cl)cc(N2CC3CCC(C2)O3)n1)C(F)(F)F. The first-order valence-corrected chi connectivity index (χ1v) is 9.38. The maximum Gasteiger partial charge on any atom is 0.534 e. The molecule has 0 aliphatic carbocycles. The molecule has 2 aliphatic rings. The van der Waals surface area contributed by atoms with E-state index in [2.05, 4.69) is 14.2 Å². The average molecular weight is 404 g/mol. The molecule has 0 saturated carbocycles. The summed E-state index contributed by atoms with van der Waals surface area (Å²) in [5.74, 6) is 0.192. The quantitative estimate of drug-likeness (QED) is 0.436. The van der Waals surface area contributed by atoms with Crippen LogP contribution in [0.25, 0.3) is 0 Å². The van der Waals surface area contributed by atoms with Gasteiger partial charge in [0.1, 0.15) is 11.0 Å². The zero-order valence-corrected chi connectivity index (χ0v) is 15.0. The van der Waals surface area contributed by atoms with Crippen molar-refractivity contribution in [2.75, 3.05) is 18.0 Å². The summed E-state index contributed by atoms with van der Waals surface area (Å²) < 4.78 is 68.7. The van der Waals surface area contributed by atoms with Crippen LogP contribution in [-0.4, -0.2) is 49.2 Å². The van der Waals surface area contributed by atoms with Gasteiger partial charge in [-0.15, -0.1) is 0 Å². The van der Waals surface area contributed by atoms with E-state index in [1.165, 1.54) is 6.07 Å². The summed E-state index contributed by atoms with van der Waals surface area (Å²) in [5.41, 5.74) is -5.57. The molecule has 3 rings (SSSR count). The standard InChI is InChI=1S/C11H11ClF3N3O4S.C2H6/c12-8-3-9(18-4-6-1-2-7(5-18)21-6)17-10(16-8)22-23(19,20)11(13,14)15;1-2/h3,6-7H,1-2,4-5H2;1-2H3. The van der Waals surface area contributed by atoms with Gasteiger partial charge in [-0.3, -0.25) is 0 Å². The van der Waals surface area contributed by atoms with E-state index < -0.39 is 21.6 Å². The maximum absolute atomic E-state index is 12.4. The van der Waals surface area contributed by atoms with E-state index in [1.807, 2.05) is 13.8 Å². The molecule has 1 aromatic heterocycles. The number of anilines is 1. The first kappa shape index (κ1) is 20.0. The van der Waals surface area contributed by atoms with E-state index in [-0.39, 0.29) is 23.2 Å². The number of rotatable bonds is 3. The van der Waals surface area contributed by atoms with Crippen molar-refractivity contribution in [1.82, 2.24) is 9.97 Å². The second kappa shape index (κ2) is 7.50. The zero-order valence-electron chi connectivity index (χ0n) is 13.5. The highest BCUT2D eigenvalue weighted by Gasteiger charge is 2.49. The van der Waals surface area contributed by atoms with Gasteiger partial charge < -0.3 is 13.8 Å². The highest BCUT2D eigenvalue weighted by Crippen LogP contribution is 2.31. The number of alkyl halides is 3. The summed E-state index contributed by atoms with van der Waals surface area (Å²) in [4.78, 5) is 8.86. The van der Waals surface area contributed by atoms with E-state index in [0.717, 1.165) is 12.8 Å². The van der Waals surface area contributed by atoms with E-state index in [1.54, 1.807) is 4.90 Å². The van der Waals surface area contributed by atoms with Crippen molar-refractivity contribution in [3.63, 3.8) is 0 Å². The predicted octanol–water partition coefficient (Wildman–Crippen LogP) is 2.75. The summed E-state index contributed by atoms with van der Waals surface area (Å²) in [6.45, 7) is 4.96. The Balaban J connectivity index is 0.00000109. The molecule has 0 aromatic carbocycles. The Bertz CT molecular complexity index is 705. The Hall–Kier alpha value is -1.33. The van der Waals surface area contributed by atoms with E-state index in [9.17, 15) is 21.6 Å². The number of hydrogen-bond donors (Lipinski definition) is 0. The van der Waals surface area contributed by atoms with Gasteiger partial charge in [0, 0.05) is 19.2 Å². The minimum atomic E-state index is -5.85. The van der Waals surface area contributed by atoms with Crippen LogP contribution in [0.4, 0.5) is 19.0 Å². The fraction of sp³-hybridized carbons (Fsp3) is 0.692. The molecular weight excluding hydrogens is 387 g/mol. The fourth-order valence-corrected chi connectivity index (χ4v) is 3.07. The number of ether oxygens (including phenoxy) is 1. The van der Waals surface area contributed by atoms with Gasteiger partial charge in [-0.05, 0) is 12.8 Å². The predicted molar refractivity (Wildman–Crippen MR) is 84.1 cm³/mol. The minimum Gasteiger partial charge on any atom is -0.371 e. The molecule has 25 heavy (non-hydrogen) atoms. The molecule has 1 aromatic rings. The first-order valence-electron chi connectivity index (χ1n) is 7.60. The Labute approximate surface area is 148 Å². The van der Waals surface area contributed by atoms with Crippen LogP contribution in [0.15, 0.2) is 6.07 Å². The zero-order chi connectivity index (χ0) is 18.8. The van der Waals surface area contributed by atoms with Gasteiger partial charge in [0.25, 0.3) is 0 Å². The van der Waals surface area contributed by atoms with Crippen LogP contribution in [0.3, 0.4) is 0 Å². The smallest absolute Gasteiger partial charge is 0.371 e. The third-order valence-electron chi connectivity index (χ3n) is 3.50. The molecule has 0 spiro atoms. The van der Waals surface area contributed by atoms with Crippen LogP contribution < -0.4 is 9.08 Å². The molecule has 0 amide bonds. The topological polar surface area (TPSA) is 81.6 Å². The number of fused-ring (bicyclic) bond motifs is 2. The second-order valence-corrected chi connectivity index (χ2v) is 7.10. The summed E-state index contributed by atoms with van der Waals surface area (Å²) in [6, 6.07) is 0.364. The Morgan fingerprint density at radius 3 is 2.32 bits per heavy atom. The van der Waals surface area contributed by atoms with Crippen LogP contribution in [0.1, 0.15) is 26.7 Å². The van der Waals surface area contributed by atoms with Crippen molar-refractivity contribution in [2.45, 2.75) is 44.4 Å². The van der Waals surface area contributed by atoms with Crippen molar-refractivity contribution in [3.8, 4) is 6.01 Å². The van der Waals surface area contributed by atoms with Gasteiger partial charge in [0.15, 0.2) is 0 Å². The Morgan fingerprint density at radius 2 is 1.80 bits per heavy atom. The molecule has 3 heterocycles. The second-order valence-electron chi connectivity index (χ2n) is 5.18. The van der Waals surface area contributed by atoms with Gasteiger partial charge >= 0.3 is 21.6 Å². The molecular formula is C13H17ClF3N3O4S. The normalized spacial score (nSPS) is 23.0. The van der Waals surface area contributed by atoms with Gasteiger partial charge in [-0.1, -0.05) is 25.4 Å². The first-order chi connectivity index (χ1) is 11.6. The highest BCUT2D eigenvalue weighted by molar-refractivity contribution is 7.87. The molecule has 0 N–H and O–H groups in total. The molecule has 0 radical (unpaired) electrons. The summed E-state index contributed by atoms with van der Waals surface area (Å²) >= 11 is 5.74. The van der Waals surface area contributed by atoms with Crippen LogP contribution >= 0.6 is 11.6 Å². The number of morpholine rings is 1. The number of halogens is 4. The van der Waals surface area contributed by atoms with Crippen molar-refractivity contribution in [2.24, 2.45) is 0 Å². The van der Waals surface area contributed by atoms with Crippen LogP contribution in [0.2, 0.25) is 5.15 Å².